The van der Waals surface area contributed by atoms with E-state index in [-0.39, 0.29) is 12.5 Å². The third-order valence-electron chi connectivity index (χ3n) is 2.27. The van der Waals surface area contributed by atoms with Gasteiger partial charge < -0.3 is 15.8 Å². The van der Waals surface area contributed by atoms with Crippen molar-refractivity contribution in [1.82, 2.24) is 5.32 Å². The summed E-state index contributed by atoms with van der Waals surface area (Å²) in [4.78, 5) is 22.3. The number of hydrogen-bond acceptors (Lipinski definition) is 4. The molecule has 1 aromatic carbocycles. The van der Waals surface area contributed by atoms with Gasteiger partial charge in [0.1, 0.15) is 6.54 Å². The van der Waals surface area contributed by atoms with Gasteiger partial charge in [-0.2, -0.15) is 0 Å². The van der Waals surface area contributed by atoms with Gasteiger partial charge >= 0.3 is 5.97 Å². The molecule has 3 N–H and O–H groups in total. The van der Waals surface area contributed by atoms with Crippen LogP contribution in [0.15, 0.2) is 30.3 Å². The Morgan fingerprint density at radius 3 is 2.59 bits per heavy atom. The molecule has 0 heterocycles. The summed E-state index contributed by atoms with van der Waals surface area (Å²) in [6.45, 7) is -0.155. The van der Waals surface area contributed by atoms with Gasteiger partial charge in [0.15, 0.2) is 0 Å². The quantitative estimate of drug-likeness (QED) is 0.696. The molecule has 0 spiro atoms. The van der Waals surface area contributed by atoms with Crippen molar-refractivity contribution in [2.24, 2.45) is 5.73 Å². The zero-order chi connectivity index (χ0) is 12.7. The largest absolute Gasteiger partial charge is 0.468 e. The molecule has 0 unspecified atom stereocenters. The fraction of sp³-hybridized carbons (Fsp3) is 0.333. The Hall–Kier alpha value is -1.88. The number of esters is 1. The monoisotopic (exact) mass is 236 g/mol. The van der Waals surface area contributed by atoms with E-state index in [4.69, 9.17) is 5.73 Å². The van der Waals surface area contributed by atoms with Gasteiger partial charge in [0.25, 0.3) is 0 Å². The second-order valence-corrected chi connectivity index (χ2v) is 3.59. The van der Waals surface area contributed by atoms with Gasteiger partial charge in [-0.15, -0.1) is 0 Å². The van der Waals surface area contributed by atoms with Crippen LogP contribution in [0, 0.1) is 0 Å². The number of nitrogens with one attached hydrogen (secondary N) is 1. The molecule has 5 heteroatoms. The average Bonchev–Trinajstić information content (AvgIpc) is 2.36. The van der Waals surface area contributed by atoms with E-state index in [1.165, 1.54) is 7.11 Å². The molecular weight excluding hydrogens is 220 g/mol. The summed E-state index contributed by atoms with van der Waals surface area (Å²) in [5.74, 6) is -0.857. The summed E-state index contributed by atoms with van der Waals surface area (Å²) in [7, 11) is 1.26. The van der Waals surface area contributed by atoms with E-state index in [9.17, 15) is 9.59 Å². The molecule has 0 aliphatic carbocycles. The van der Waals surface area contributed by atoms with Gasteiger partial charge in [-0.25, -0.2) is 0 Å². The molecule has 0 aliphatic heterocycles. The van der Waals surface area contributed by atoms with Gasteiger partial charge in [-0.05, 0) is 12.0 Å². The number of benzene rings is 1. The molecule has 0 saturated heterocycles. The highest BCUT2D eigenvalue weighted by Crippen LogP contribution is 2.01. The van der Waals surface area contributed by atoms with Crippen molar-refractivity contribution in [3.8, 4) is 0 Å². The number of methoxy groups -OCH3 is 1. The zero-order valence-electron chi connectivity index (χ0n) is 9.68. The van der Waals surface area contributed by atoms with Crippen LogP contribution in [-0.2, 0) is 20.7 Å². The minimum Gasteiger partial charge on any atom is -0.468 e. The second-order valence-electron chi connectivity index (χ2n) is 3.59. The molecule has 92 valence electrons. The lowest BCUT2D eigenvalue weighted by Crippen LogP contribution is -2.44. The first kappa shape index (κ1) is 13.2. The molecular formula is C12H16N2O3. The fourth-order valence-electron chi connectivity index (χ4n) is 1.32. The van der Waals surface area contributed by atoms with E-state index in [2.05, 4.69) is 10.1 Å². The first-order chi connectivity index (χ1) is 8.13. The molecule has 0 radical (unpaired) electrons. The summed E-state index contributed by atoms with van der Waals surface area (Å²) in [5.41, 5.74) is 6.69. The van der Waals surface area contributed by atoms with Crippen molar-refractivity contribution in [2.75, 3.05) is 13.7 Å². The lowest BCUT2D eigenvalue weighted by atomic mass is 10.1. The van der Waals surface area contributed by atoms with Crippen molar-refractivity contribution < 1.29 is 14.3 Å². The number of nitrogens with two attached hydrogens (primary N) is 1. The number of carbonyl (C=O) groups excluding carboxylic acids is 2. The van der Waals surface area contributed by atoms with Gasteiger partial charge in [0, 0.05) is 0 Å². The molecule has 0 aliphatic rings. The van der Waals surface area contributed by atoms with Crippen LogP contribution in [0.3, 0.4) is 0 Å². The molecule has 1 rings (SSSR count). The lowest BCUT2D eigenvalue weighted by Gasteiger charge is -2.11. The van der Waals surface area contributed by atoms with E-state index in [0.717, 1.165) is 5.56 Å². The van der Waals surface area contributed by atoms with Gasteiger partial charge in [-0.1, -0.05) is 30.3 Å². The van der Waals surface area contributed by atoms with Crippen molar-refractivity contribution in [3.05, 3.63) is 35.9 Å². The maximum Gasteiger partial charge on any atom is 0.325 e. The maximum absolute atomic E-state index is 11.5. The van der Waals surface area contributed by atoms with E-state index in [1.54, 1.807) is 0 Å². The summed E-state index contributed by atoms with van der Waals surface area (Å²) in [6.07, 6.45) is 0.438. The number of rotatable bonds is 5. The summed E-state index contributed by atoms with van der Waals surface area (Å²) >= 11 is 0. The number of carbonyl (C=O) groups is 2. The third-order valence-corrected chi connectivity index (χ3v) is 2.27. The Kier molecular flexibility index (Phi) is 5.16. The van der Waals surface area contributed by atoms with Crippen molar-refractivity contribution >= 4 is 11.9 Å². The first-order valence-corrected chi connectivity index (χ1v) is 5.27. The molecule has 5 nitrogen and oxygen atoms in total. The predicted octanol–water partition coefficient (Wildman–Crippen LogP) is -0.154. The fourth-order valence-corrected chi connectivity index (χ4v) is 1.32. The maximum atomic E-state index is 11.5. The van der Waals surface area contributed by atoms with Crippen LogP contribution in [0.5, 0.6) is 0 Å². The second kappa shape index (κ2) is 6.65. The molecule has 0 fully saturated rings. The Morgan fingerprint density at radius 2 is 2.00 bits per heavy atom. The number of ether oxygens (including phenoxy) is 1. The predicted molar refractivity (Wildman–Crippen MR) is 63.1 cm³/mol. The minimum absolute atomic E-state index is 0.155. The van der Waals surface area contributed by atoms with Gasteiger partial charge in [-0.3, -0.25) is 9.59 Å². The van der Waals surface area contributed by atoms with Crippen LogP contribution in [0.1, 0.15) is 5.56 Å². The van der Waals surface area contributed by atoms with Crippen molar-refractivity contribution in [1.29, 1.82) is 0 Å². The van der Waals surface area contributed by atoms with Crippen LogP contribution in [0.2, 0.25) is 0 Å². The Bertz CT molecular complexity index is 379. The van der Waals surface area contributed by atoms with Gasteiger partial charge in [0.05, 0.1) is 13.2 Å². The molecule has 0 aromatic heterocycles. The van der Waals surface area contributed by atoms with Crippen molar-refractivity contribution in [3.63, 3.8) is 0 Å². The van der Waals surface area contributed by atoms with Crippen molar-refractivity contribution in [2.45, 2.75) is 12.5 Å². The van der Waals surface area contributed by atoms with Crippen LogP contribution in [-0.4, -0.2) is 31.6 Å². The summed E-state index contributed by atoms with van der Waals surface area (Å²) in [5, 5.41) is 2.41. The van der Waals surface area contributed by atoms with Crippen LogP contribution in [0.25, 0.3) is 0 Å². The highest BCUT2D eigenvalue weighted by Gasteiger charge is 2.14. The summed E-state index contributed by atoms with van der Waals surface area (Å²) in [6, 6.07) is 8.79. The zero-order valence-corrected chi connectivity index (χ0v) is 9.68. The van der Waals surface area contributed by atoms with Crippen LogP contribution < -0.4 is 11.1 Å². The minimum atomic E-state index is -0.665. The number of hydrogen-bond donors (Lipinski definition) is 2. The SMILES string of the molecule is COC(=O)CNC(=O)[C@@H](N)Cc1ccccc1. The average molecular weight is 236 g/mol. The molecule has 1 atom stereocenters. The van der Waals surface area contributed by atoms with E-state index < -0.39 is 12.0 Å². The molecule has 17 heavy (non-hydrogen) atoms. The molecule has 1 amide bonds. The smallest absolute Gasteiger partial charge is 0.325 e. The van der Waals surface area contributed by atoms with Gasteiger partial charge in [0.2, 0.25) is 5.91 Å². The lowest BCUT2D eigenvalue weighted by molar-refractivity contribution is -0.141. The Balaban J connectivity index is 2.40. The topological polar surface area (TPSA) is 81.4 Å². The van der Waals surface area contributed by atoms with Crippen LogP contribution >= 0.6 is 0 Å². The van der Waals surface area contributed by atoms with Crippen LogP contribution in [0.4, 0.5) is 0 Å². The summed E-state index contributed by atoms with van der Waals surface area (Å²) < 4.78 is 4.40. The normalized spacial score (nSPS) is 11.6. The Labute approximate surface area is 99.9 Å². The standard InChI is InChI=1S/C12H16N2O3/c1-17-11(15)8-14-12(16)10(13)7-9-5-3-2-4-6-9/h2-6,10H,7-8,13H2,1H3,(H,14,16)/t10-/m0/s1. The first-order valence-electron chi connectivity index (χ1n) is 5.27. The third kappa shape index (κ3) is 4.65. The molecule has 0 saturated carbocycles. The molecule has 1 aromatic rings. The van der Waals surface area contributed by atoms with E-state index >= 15 is 0 Å². The number of amides is 1. The highest BCUT2D eigenvalue weighted by molar-refractivity contribution is 5.85. The highest BCUT2D eigenvalue weighted by atomic mass is 16.5. The van der Waals surface area contributed by atoms with E-state index in [0.29, 0.717) is 6.42 Å². The van der Waals surface area contributed by atoms with E-state index in [1.807, 2.05) is 30.3 Å². The molecule has 0 bridgehead atoms. The Morgan fingerprint density at radius 1 is 1.35 bits per heavy atom.